The second kappa shape index (κ2) is 11.5. The second-order valence-corrected chi connectivity index (χ2v) is 9.65. The summed E-state index contributed by atoms with van der Waals surface area (Å²) in [5.41, 5.74) is 5.82. The fourth-order valence-corrected chi connectivity index (χ4v) is 4.70. The number of hydrogen-bond acceptors (Lipinski definition) is 4. The standard InChI is InChI=1S/C24H29FN4O2.H3O4P/c1-4-29(5-2)12-11-26-23(30)20-14(3)27-22-16(20)7-6-8-17(22)21-18-13-15(25)9-10-19(18)28-24(21)31;1-5(2,3)4/h9-10,13,27H,4-8,11-12H2,1-3H3,(H,26,30)(H,28,31);(H3,1,2,3,4). The third-order valence-electron chi connectivity index (χ3n) is 6.31. The highest BCUT2D eigenvalue weighted by Gasteiger charge is 2.33. The fraction of sp³-hybridized carbons (Fsp3) is 0.417. The van der Waals surface area contributed by atoms with Gasteiger partial charge in [0.2, 0.25) is 0 Å². The van der Waals surface area contributed by atoms with Crippen LogP contribution in [0.4, 0.5) is 10.1 Å². The number of hydrogen-bond donors (Lipinski definition) is 6. The number of likely N-dealkylation sites (N-methyl/N-ethyl adjacent to an activating group) is 1. The monoisotopic (exact) mass is 522 g/mol. The molecule has 2 amide bonds. The predicted octanol–water partition coefficient (Wildman–Crippen LogP) is 2.80. The third kappa shape index (κ3) is 6.48. The summed E-state index contributed by atoms with van der Waals surface area (Å²) in [5, 5.41) is 5.88. The lowest BCUT2D eigenvalue weighted by molar-refractivity contribution is -0.110. The molecule has 1 aromatic carbocycles. The highest BCUT2D eigenvalue weighted by atomic mass is 31.2. The maximum atomic E-state index is 13.9. The van der Waals surface area contributed by atoms with Crippen molar-refractivity contribution in [2.45, 2.75) is 40.0 Å². The Morgan fingerprint density at radius 3 is 2.50 bits per heavy atom. The summed E-state index contributed by atoms with van der Waals surface area (Å²) in [5.74, 6) is -0.683. The molecule has 196 valence electrons. The SMILES string of the molecule is CCN(CC)CCNC(=O)c1c(C)[nH]c2c1CCCC2=C1C(=O)Nc2ccc(F)cc21.O=P(O)(O)O. The van der Waals surface area contributed by atoms with E-state index in [1.807, 2.05) is 6.92 Å². The summed E-state index contributed by atoms with van der Waals surface area (Å²) in [7, 11) is -4.64. The van der Waals surface area contributed by atoms with Gasteiger partial charge >= 0.3 is 7.82 Å². The summed E-state index contributed by atoms with van der Waals surface area (Å²) in [6.45, 7) is 9.40. The molecule has 0 atom stereocenters. The first kappa shape index (κ1) is 27.8. The van der Waals surface area contributed by atoms with E-state index in [9.17, 15) is 14.0 Å². The van der Waals surface area contributed by atoms with E-state index in [1.54, 1.807) is 6.07 Å². The number of aromatic amines is 1. The van der Waals surface area contributed by atoms with Crippen LogP contribution in [0.1, 0.15) is 59.6 Å². The zero-order valence-electron chi connectivity index (χ0n) is 20.5. The van der Waals surface area contributed by atoms with E-state index in [0.29, 0.717) is 35.4 Å². The third-order valence-corrected chi connectivity index (χ3v) is 6.31. The van der Waals surface area contributed by atoms with Gasteiger partial charge in [-0.05, 0) is 68.6 Å². The Kier molecular flexibility index (Phi) is 8.86. The molecule has 0 bridgehead atoms. The Morgan fingerprint density at radius 1 is 1.19 bits per heavy atom. The number of carbonyl (C=O) groups is 2. The Balaban J connectivity index is 0.000000658. The Morgan fingerprint density at radius 2 is 1.86 bits per heavy atom. The molecule has 4 rings (SSSR count). The molecule has 2 aromatic rings. The number of fused-ring (bicyclic) bond motifs is 2. The lowest BCUT2D eigenvalue weighted by Crippen LogP contribution is -2.35. The lowest BCUT2D eigenvalue weighted by Gasteiger charge is -2.19. The molecule has 0 saturated heterocycles. The number of benzene rings is 1. The molecular formula is C24H32FN4O6P. The summed E-state index contributed by atoms with van der Waals surface area (Å²) in [6.07, 6.45) is 2.31. The minimum absolute atomic E-state index is 0.0873. The molecule has 10 nitrogen and oxygen atoms in total. The number of rotatable bonds is 6. The van der Waals surface area contributed by atoms with Gasteiger partial charge < -0.3 is 35.2 Å². The Bertz CT molecular complexity index is 1220. The van der Waals surface area contributed by atoms with Crippen LogP contribution in [0.25, 0.3) is 11.1 Å². The van der Waals surface area contributed by atoms with Gasteiger partial charge in [-0.25, -0.2) is 8.96 Å². The number of nitrogens with zero attached hydrogens (tertiary/aromatic N) is 1. The van der Waals surface area contributed by atoms with Crippen molar-refractivity contribution in [2.75, 3.05) is 31.5 Å². The van der Waals surface area contributed by atoms with Crippen LogP contribution in [0, 0.1) is 12.7 Å². The van der Waals surface area contributed by atoms with E-state index in [1.165, 1.54) is 12.1 Å². The van der Waals surface area contributed by atoms with Crippen LogP contribution in [-0.4, -0.2) is 62.6 Å². The van der Waals surface area contributed by atoms with Crippen LogP contribution in [-0.2, 0) is 15.8 Å². The number of aryl methyl sites for hydroxylation is 1. The van der Waals surface area contributed by atoms with Crippen molar-refractivity contribution in [3.05, 3.63) is 52.1 Å². The van der Waals surface area contributed by atoms with Gasteiger partial charge in [0, 0.05) is 35.7 Å². The molecule has 1 aromatic heterocycles. The largest absolute Gasteiger partial charge is 0.466 e. The number of amides is 2. The van der Waals surface area contributed by atoms with Gasteiger partial charge in [0.05, 0.1) is 11.1 Å². The number of halogens is 1. The number of nitrogens with one attached hydrogen (secondary N) is 3. The topological polar surface area (TPSA) is 155 Å². The molecule has 0 radical (unpaired) electrons. The van der Waals surface area contributed by atoms with Gasteiger partial charge in [-0.1, -0.05) is 13.8 Å². The Hall–Kier alpha value is -2.82. The van der Waals surface area contributed by atoms with Crippen LogP contribution < -0.4 is 10.6 Å². The number of H-pyrrole nitrogens is 1. The zero-order chi connectivity index (χ0) is 26.6. The quantitative estimate of drug-likeness (QED) is 0.252. The van der Waals surface area contributed by atoms with E-state index < -0.39 is 7.82 Å². The van der Waals surface area contributed by atoms with E-state index in [2.05, 4.69) is 34.4 Å². The summed E-state index contributed by atoms with van der Waals surface area (Å²) in [6, 6.07) is 4.34. The molecule has 0 spiro atoms. The zero-order valence-corrected chi connectivity index (χ0v) is 21.4. The van der Waals surface area contributed by atoms with Gasteiger partial charge in [-0.2, -0.15) is 0 Å². The van der Waals surface area contributed by atoms with Crippen LogP contribution >= 0.6 is 7.82 Å². The normalized spacial score (nSPS) is 16.7. The molecule has 2 heterocycles. The van der Waals surface area contributed by atoms with Crippen LogP contribution in [0.5, 0.6) is 0 Å². The van der Waals surface area contributed by atoms with Gasteiger partial charge in [0.25, 0.3) is 11.8 Å². The van der Waals surface area contributed by atoms with Gasteiger partial charge in [0.15, 0.2) is 0 Å². The maximum Gasteiger partial charge on any atom is 0.466 e. The minimum Gasteiger partial charge on any atom is -0.358 e. The number of carbonyl (C=O) groups excluding carboxylic acids is 2. The molecular weight excluding hydrogens is 490 g/mol. The molecule has 0 unspecified atom stereocenters. The summed E-state index contributed by atoms with van der Waals surface area (Å²) in [4.78, 5) is 52.9. The van der Waals surface area contributed by atoms with Gasteiger partial charge in [0.1, 0.15) is 5.82 Å². The van der Waals surface area contributed by atoms with Crippen molar-refractivity contribution in [2.24, 2.45) is 0 Å². The van der Waals surface area contributed by atoms with Crippen molar-refractivity contribution in [3.8, 4) is 0 Å². The van der Waals surface area contributed by atoms with Crippen LogP contribution in [0.15, 0.2) is 18.2 Å². The van der Waals surface area contributed by atoms with Gasteiger partial charge in [-0.3, -0.25) is 9.59 Å². The maximum absolute atomic E-state index is 13.9. The predicted molar refractivity (Wildman–Crippen MR) is 135 cm³/mol. The average molecular weight is 523 g/mol. The van der Waals surface area contributed by atoms with E-state index >= 15 is 0 Å². The molecule has 1 aliphatic heterocycles. The molecule has 2 aliphatic rings. The summed E-state index contributed by atoms with van der Waals surface area (Å²) < 4.78 is 22.8. The molecule has 0 saturated carbocycles. The highest BCUT2D eigenvalue weighted by Crippen LogP contribution is 2.43. The minimum atomic E-state index is -4.64. The number of allylic oxidation sites excluding steroid dienone is 1. The van der Waals surface area contributed by atoms with E-state index in [4.69, 9.17) is 19.2 Å². The lowest BCUT2D eigenvalue weighted by atomic mass is 9.86. The van der Waals surface area contributed by atoms with Crippen molar-refractivity contribution < 1.29 is 33.2 Å². The first-order valence-corrected chi connectivity index (χ1v) is 13.4. The van der Waals surface area contributed by atoms with Crippen LogP contribution in [0.2, 0.25) is 0 Å². The van der Waals surface area contributed by atoms with Crippen molar-refractivity contribution in [3.63, 3.8) is 0 Å². The van der Waals surface area contributed by atoms with E-state index in [-0.39, 0.29) is 17.6 Å². The number of anilines is 1. The first-order valence-electron chi connectivity index (χ1n) is 11.8. The van der Waals surface area contributed by atoms with Crippen molar-refractivity contribution in [1.82, 2.24) is 15.2 Å². The average Bonchev–Trinajstić information content (AvgIpc) is 3.30. The van der Waals surface area contributed by atoms with Crippen molar-refractivity contribution >= 4 is 36.5 Å². The molecule has 12 heteroatoms. The Labute approximate surface area is 208 Å². The van der Waals surface area contributed by atoms with E-state index in [0.717, 1.165) is 55.0 Å². The van der Waals surface area contributed by atoms with Gasteiger partial charge in [-0.15, -0.1) is 0 Å². The van der Waals surface area contributed by atoms with Crippen molar-refractivity contribution in [1.29, 1.82) is 0 Å². The molecule has 36 heavy (non-hydrogen) atoms. The number of phosphoric acid groups is 1. The number of aromatic nitrogens is 1. The highest BCUT2D eigenvalue weighted by molar-refractivity contribution is 7.45. The smallest absolute Gasteiger partial charge is 0.358 e. The summed E-state index contributed by atoms with van der Waals surface area (Å²) >= 11 is 0. The molecule has 6 N–H and O–H groups in total. The molecule has 0 fully saturated rings. The second-order valence-electron chi connectivity index (χ2n) is 8.63. The fourth-order valence-electron chi connectivity index (χ4n) is 4.70. The first-order chi connectivity index (χ1) is 16.9. The van der Waals surface area contributed by atoms with Crippen LogP contribution in [0.3, 0.4) is 0 Å². The molecule has 1 aliphatic carbocycles.